The summed E-state index contributed by atoms with van der Waals surface area (Å²) in [6, 6.07) is 8.00. The number of nitrogens with zero attached hydrogens (tertiary/aromatic N) is 2. The summed E-state index contributed by atoms with van der Waals surface area (Å²) >= 11 is 3.36. The van der Waals surface area contributed by atoms with Crippen molar-refractivity contribution in [2.24, 2.45) is 0 Å². The monoisotopic (exact) mass is 320 g/mol. The van der Waals surface area contributed by atoms with Gasteiger partial charge in [-0.05, 0) is 46.5 Å². The van der Waals surface area contributed by atoms with Gasteiger partial charge in [-0.2, -0.15) is 5.10 Å². The van der Waals surface area contributed by atoms with E-state index >= 15 is 0 Å². The summed E-state index contributed by atoms with van der Waals surface area (Å²) < 4.78 is 2.71. The highest BCUT2D eigenvalue weighted by molar-refractivity contribution is 9.10. The normalized spacial score (nSPS) is 16.3. The molecule has 1 aliphatic carbocycles. The molecule has 2 aromatic rings. The average molecular weight is 321 g/mol. The number of carbonyl (C=O) groups is 1. The minimum Gasteiger partial charge on any atom is -0.481 e. The van der Waals surface area contributed by atoms with E-state index < -0.39 is 5.97 Å². The van der Waals surface area contributed by atoms with Gasteiger partial charge in [0.05, 0.1) is 22.8 Å². The van der Waals surface area contributed by atoms with Gasteiger partial charge in [0.25, 0.3) is 0 Å². The SMILES string of the molecule is O=C(O)CC1(c2ccc(-n3cc(Br)cn3)cc2)CC1. The van der Waals surface area contributed by atoms with Crippen molar-refractivity contribution in [2.45, 2.75) is 24.7 Å². The highest BCUT2D eigenvalue weighted by Gasteiger charge is 2.45. The zero-order valence-corrected chi connectivity index (χ0v) is 11.8. The Labute approximate surface area is 119 Å². The van der Waals surface area contributed by atoms with E-state index in [1.54, 1.807) is 10.9 Å². The Kier molecular flexibility index (Phi) is 2.93. The first-order chi connectivity index (χ1) is 9.09. The summed E-state index contributed by atoms with van der Waals surface area (Å²) in [5.41, 5.74) is 1.96. The minimum atomic E-state index is -0.724. The molecule has 1 N–H and O–H groups in total. The molecule has 98 valence electrons. The number of aliphatic carboxylic acids is 1. The second-order valence-electron chi connectivity index (χ2n) is 5.00. The van der Waals surface area contributed by atoms with Crippen LogP contribution in [0.25, 0.3) is 5.69 Å². The van der Waals surface area contributed by atoms with Gasteiger partial charge in [0, 0.05) is 11.6 Å². The smallest absolute Gasteiger partial charge is 0.304 e. The number of hydrogen-bond donors (Lipinski definition) is 1. The maximum absolute atomic E-state index is 10.9. The molecular formula is C14H13BrN2O2. The van der Waals surface area contributed by atoms with Crippen LogP contribution in [0.1, 0.15) is 24.8 Å². The zero-order chi connectivity index (χ0) is 13.5. The van der Waals surface area contributed by atoms with Crippen LogP contribution < -0.4 is 0 Å². The van der Waals surface area contributed by atoms with Gasteiger partial charge in [-0.1, -0.05) is 12.1 Å². The van der Waals surface area contributed by atoms with Crippen LogP contribution in [0.4, 0.5) is 0 Å². The van der Waals surface area contributed by atoms with E-state index in [1.807, 2.05) is 30.5 Å². The number of aromatic nitrogens is 2. The number of benzene rings is 1. The highest BCUT2D eigenvalue weighted by Crippen LogP contribution is 2.51. The Hall–Kier alpha value is -1.62. The molecular weight excluding hydrogens is 308 g/mol. The Morgan fingerprint density at radius 2 is 2.05 bits per heavy atom. The van der Waals surface area contributed by atoms with Crippen molar-refractivity contribution in [2.75, 3.05) is 0 Å². The van der Waals surface area contributed by atoms with Gasteiger partial charge in [0.15, 0.2) is 0 Å². The predicted molar refractivity (Wildman–Crippen MR) is 74.4 cm³/mol. The molecule has 5 heteroatoms. The maximum atomic E-state index is 10.9. The van der Waals surface area contributed by atoms with E-state index in [4.69, 9.17) is 5.11 Å². The molecule has 0 unspecified atom stereocenters. The minimum absolute atomic E-state index is 0.130. The van der Waals surface area contributed by atoms with Crippen LogP contribution in [0.15, 0.2) is 41.1 Å². The second-order valence-corrected chi connectivity index (χ2v) is 5.92. The first kappa shape index (κ1) is 12.4. The van der Waals surface area contributed by atoms with E-state index in [1.165, 1.54) is 0 Å². The second kappa shape index (κ2) is 4.49. The predicted octanol–water partition coefficient (Wildman–Crippen LogP) is 3.14. The lowest BCUT2D eigenvalue weighted by atomic mass is 9.92. The topological polar surface area (TPSA) is 55.1 Å². The molecule has 0 atom stereocenters. The molecule has 4 nitrogen and oxygen atoms in total. The van der Waals surface area contributed by atoms with Crippen LogP contribution in [0.3, 0.4) is 0 Å². The fourth-order valence-corrected chi connectivity index (χ4v) is 2.70. The molecule has 0 bridgehead atoms. The van der Waals surface area contributed by atoms with Crippen LogP contribution in [0.2, 0.25) is 0 Å². The van der Waals surface area contributed by atoms with Crippen LogP contribution in [0.5, 0.6) is 0 Å². The van der Waals surface area contributed by atoms with Crippen molar-refractivity contribution in [3.63, 3.8) is 0 Å². The third-order valence-electron chi connectivity index (χ3n) is 3.64. The summed E-state index contributed by atoms with van der Waals surface area (Å²) in [5.74, 6) is -0.724. The largest absolute Gasteiger partial charge is 0.481 e. The zero-order valence-electron chi connectivity index (χ0n) is 10.2. The number of rotatable bonds is 4. The van der Waals surface area contributed by atoms with Crippen molar-refractivity contribution in [3.8, 4) is 5.69 Å². The van der Waals surface area contributed by atoms with Crippen LogP contribution >= 0.6 is 15.9 Å². The van der Waals surface area contributed by atoms with Gasteiger partial charge in [-0.25, -0.2) is 4.68 Å². The van der Waals surface area contributed by atoms with E-state index in [-0.39, 0.29) is 11.8 Å². The summed E-state index contributed by atoms with van der Waals surface area (Å²) in [6.07, 6.45) is 5.78. The lowest BCUT2D eigenvalue weighted by Gasteiger charge is -2.13. The van der Waals surface area contributed by atoms with Crippen LogP contribution in [0, 0.1) is 0 Å². The van der Waals surface area contributed by atoms with E-state index in [0.29, 0.717) is 0 Å². The summed E-state index contributed by atoms with van der Waals surface area (Å²) in [4.78, 5) is 10.9. The van der Waals surface area contributed by atoms with E-state index in [9.17, 15) is 4.79 Å². The Morgan fingerprint density at radius 3 is 2.53 bits per heavy atom. The van der Waals surface area contributed by atoms with Crippen molar-refractivity contribution in [1.29, 1.82) is 0 Å². The maximum Gasteiger partial charge on any atom is 0.304 e. The molecule has 0 radical (unpaired) electrons. The lowest BCUT2D eigenvalue weighted by Crippen LogP contribution is -2.12. The van der Waals surface area contributed by atoms with Gasteiger partial charge < -0.3 is 5.11 Å². The van der Waals surface area contributed by atoms with Gasteiger partial charge in [-0.3, -0.25) is 4.79 Å². The summed E-state index contributed by atoms with van der Waals surface area (Å²) in [7, 11) is 0. The molecule has 1 saturated carbocycles. The van der Waals surface area contributed by atoms with Crippen LogP contribution in [-0.4, -0.2) is 20.9 Å². The fraction of sp³-hybridized carbons (Fsp3) is 0.286. The number of carboxylic acids is 1. The molecule has 3 rings (SSSR count). The quantitative estimate of drug-likeness (QED) is 0.941. The fourth-order valence-electron chi connectivity index (χ4n) is 2.42. The summed E-state index contributed by atoms with van der Waals surface area (Å²) in [5, 5.41) is 13.2. The molecule has 0 amide bonds. The molecule has 1 aromatic carbocycles. The number of halogens is 1. The van der Waals surface area contributed by atoms with E-state index in [2.05, 4.69) is 21.0 Å². The van der Waals surface area contributed by atoms with E-state index in [0.717, 1.165) is 28.6 Å². The summed E-state index contributed by atoms with van der Waals surface area (Å²) in [6.45, 7) is 0. The molecule has 1 aliphatic rings. The first-order valence-corrected chi connectivity index (χ1v) is 6.91. The molecule has 1 aromatic heterocycles. The molecule has 0 aliphatic heterocycles. The Morgan fingerprint density at radius 1 is 1.37 bits per heavy atom. The molecule has 0 spiro atoms. The van der Waals surface area contributed by atoms with Crippen molar-refractivity contribution in [1.82, 2.24) is 9.78 Å². The number of carboxylic acid groups (broad SMARTS) is 1. The third kappa shape index (κ3) is 2.42. The first-order valence-electron chi connectivity index (χ1n) is 6.12. The lowest BCUT2D eigenvalue weighted by molar-refractivity contribution is -0.137. The Bertz CT molecular complexity index is 615. The van der Waals surface area contributed by atoms with Gasteiger partial charge in [-0.15, -0.1) is 0 Å². The molecule has 1 heterocycles. The van der Waals surface area contributed by atoms with Crippen molar-refractivity contribution in [3.05, 3.63) is 46.7 Å². The highest BCUT2D eigenvalue weighted by atomic mass is 79.9. The van der Waals surface area contributed by atoms with Crippen molar-refractivity contribution < 1.29 is 9.90 Å². The van der Waals surface area contributed by atoms with Gasteiger partial charge >= 0.3 is 5.97 Å². The van der Waals surface area contributed by atoms with Gasteiger partial charge in [0.2, 0.25) is 0 Å². The average Bonchev–Trinajstić information content (AvgIpc) is 3.02. The van der Waals surface area contributed by atoms with Crippen LogP contribution in [-0.2, 0) is 10.2 Å². The standard InChI is InChI=1S/C14H13BrN2O2/c15-11-8-16-17(9-11)12-3-1-10(2-4-12)14(5-6-14)7-13(18)19/h1-4,8-9H,5-7H2,(H,18,19). The number of hydrogen-bond acceptors (Lipinski definition) is 2. The van der Waals surface area contributed by atoms with Crippen molar-refractivity contribution >= 4 is 21.9 Å². The third-order valence-corrected chi connectivity index (χ3v) is 4.05. The Balaban J connectivity index is 1.85. The molecule has 1 fully saturated rings. The molecule has 0 saturated heterocycles. The molecule has 19 heavy (non-hydrogen) atoms. The van der Waals surface area contributed by atoms with Gasteiger partial charge in [0.1, 0.15) is 0 Å².